The van der Waals surface area contributed by atoms with Gasteiger partial charge in [-0.1, -0.05) is 20.3 Å². The van der Waals surface area contributed by atoms with E-state index >= 15 is 0 Å². The van der Waals surface area contributed by atoms with Crippen molar-refractivity contribution in [3.05, 3.63) is 0 Å². The van der Waals surface area contributed by atoms with Crippen LogP contribution in [-0.4, -0.2) is 47.2 Å². The number of hydrogen-bond donors (Lipinski definition) is 2. The number of hydrogen-bond acceptors (Lipinski definition) is 3. The van der Waals surface area contributed by atoms with Crippen molar-refractivity contribution in [2.75, 3.05) is 13.2 Å². The molecule has 1 unspecified atom stereocenters. The predicted octanol–water partition coefficient (Wildman–Crippen LogP) is 1.92. The van der Waals surface area contributed by atoms with E-state index in [-0.39, 0.29) is 24.6 Å². The van der Waals surface area contributed by atoms with E-state index in [1.54, 1.807) is 0 Å². The fraction of sp³-hybridized carbons (Fsp3) is 0.933. The Hall–Kier alpha value is -0.610. The van der Waals surface area contributed by atoms with Crippen LogP contribution in [0.2, 0.25) is 0 Å². The molecule has 19 heavy (non-hydrogen) atoms. The third kappa shape index (κ3) is 4.77. The van der Waals surface area contributed by atoms with Gasteiger partial charge in [-0.15, -0.1) is 0 Å². The number of carbonyl (C=O) groups excluding carboxylic acids is 1. The Balaban J connectivity index is 2.53. The second-order valence-corrected chi connectivity index (χ2v) is 5.60. The van der Waals surface area contributed by atoms with Crippen LogP contribution in [0.25, 0.3) is 0 Å². The van der Waals surface area contributed by atoms with Crippen molar-refractivity contribution in [1.82, 2.24) is 10.2 Å². The Bertz CT molecular complexity index is 263. The summed E-state index contributed by atoms with van der Waals surface area (Å²) < 4.78 is 0. The van der Waals surface area contributed by atoms with Crippen molar-refractivity contribution in [3.8, 4) is 0 Å². The van der Waals surface area contributed by atoms with E-state index in [4.69, 9.17) is 5.11 Å². The summed E-state index contributed by atoms with van der Waals surface area (Å²) in [4.78, 5) is 14.6. The van der Waals surface area contributed by atoms with Gasteiger partial charge in [0.15, 0.2) is 0 Å². The fourth-order valence-corrected chi connectivity index (χ4v) is 2.63. The Morgan fingerprint density at radius 1 is 1.37 bits per heavy atom. The molecule has 0 aromatic heterocycles. The number of rotatable bonds is 9. The minimum absolute atomic E-state index is 0.0857. The summed E-state index contributed by atoms with van der Waals surface area (Å²) >= 11 is 0. The largest absolute Gasteiger partial charge is 0.396 e. The molecular formula is C15H30N2O2. The molecule has 0 aromatic carbocycles. The lowest BCUT2D eigenvalue weighted by atomic mass is 9.90. The molecule has 112 valence electrons. The summed E-state index contributed by atoms with van der Waals surface area (Å²) in [5, 5.41) is 12.1. The summed E-state index contributed by atoms with van der Waals surface area (Å²) in [7, 11) is 0. The second kappa shape index (κ2) is 8.54. The first-order valence-electron chi connectivity index (χ1n) is 7.80. The SMILES string of the molecule is CCC(CC)NC(=O)C(C)N(CCCO)C1CCC1. The molecule has 0 aliphatic heterocycles. The molecule has 2 N–H and O–H groups in total. The molecular weight excluding hydrogens is 240 g/mol. The predicted molar refractivity (Wildman–Crippen MR) is 78.0 cm³/mol. The molecule has 0 radical (unpaired) electrons. The normalized spacial score (nSPS) is 17.6. The van der Waals surface area contributed by atoms with E-state index in [0.717, 1.165) is 25.8 Å². The molecule has 0 aromatic rings. The highest BCUT2D eigenvalue weighted by molar-refractivity contribution is 5.81. The Kier molecular flexibility index (Phi) is 7.39. The van der Waals surface area contributed by atoms with E-state index in [1.807, 2.05) is 6.92 Å². The highest BCUT2D eigenvalue weighted by Gasteiger charge is 2.31. The molecule has 1 atom stereocenters. The van der Waals surface area contributed by atoms with Crippen LogP contribution in [-0.2, 0) is 4.79 Å². The van der Waals surface area contributed by atoms with Crippen molar-refractivity contribution in [3.63, 3.8) is 0 Å². The first kappa shape index (κ1) is 16.4. The van der Waals surface area contributed by atoms with E-state index in [1.165, 1.54) is 19.3 Å². The monoisotopic (exact) mass is 270 g/mol. The maximum atomic E-state index is 12.3. The second-order valence-electron chi connectivity index (χ2n) is 5.60. The number of amides is 1. The molecule has 1 fully saturated rings. The van der Waals surface area contributed by atoms with Crippen LogP contribution in [0.15, 0.2) is 0 Å². The summed E-state index contributed by atoms with van der Waals surface area (Å²) in [6, 6.07) is 0.738. The standard InChI is InChI=1S/C15H30N2O2/c1-4-13(5-2)16-15(19)12(3)17(10-7-11-18)14-8-6-9-14/h12-14,18H,4-11H2,1-3H3,(H,16,19). The summed E-state index contributed by atoms with van der Waals surface area (Å²) in [6.45, 7) is 7.22. The zero-order valence-corrected chi connectivity index (χ0v) is 12.7. The van der Waals surface area contributed by atoms with Crippen molar-refractivity contribution < 1.29 is 9.90 Å². The van der Waals surface area contributed by atoms with E-state index in [0.29, 0.717) is 6.04 Å². The van der Waals surface area contributed by atoms with Gasteiger partial charge in [0.25, 0.3) is 0 Å². The molecule has 1 saturated carbocycles. The van der Waals surface area contributed by atoms with E-state index < -0.39 is 0 Å². The van der Waals surface area contributed by atoms with Gasteiger partial charge in [0, 0.05) is 25.2 Å². The minimum Gasteiger partial charge on any atom is -0.396 e. The number of nitrogens with one attached hydrogen (secondary N) is 1. The lowest BCUT2D eigenvalue weighted by molar-refractivity contribution is -0.128. The van der Waals surface area contributed by atoms with Crippen LogP contribution >= 0.6 is 0 Å². The van der Waals surface area contributed by atoms with Gasteiger partial charge in [-0.05, 0) is 39.0 Å². The van der Waals surface area contributed by atoms with E-state index in [9.17, 15) is 4.79 Å². The number of aliphatic hydroxyl groups excluding tert-OH is 1. The summed E-state index contributed by atoms with van der Waals surface area (Å²) in [5.74, 6) is 0.138. The number of nitrogens with zero attached hydrogens (tertiary/aromatic N) is 1. The number of aliphatic hydroxyl groups is 1. The van der Waals surface area contributed by atoms with Crippen molar-refractivity contribution >= 4 is 5.91 Å². The van der Waals surface area contributed by atoms with Crippen LogP contribution in [0.5, 0.6) is 0 Å². The highest BCUT2D eigenvalue weighted by atomic mass is 16.3. The topological polar surface area (TPSA) is 52.6 Å². The quantitative estimate of drug-likeness (QED) is 0.673. The van der Waals surface area contributed by atoms with Gasteiger partial charge in [0.05, 0.1) is 6.04 Å². The van der Waals surface area contributed by atoms with Crippen molar-refractivity contribution in [2.45, 2.75) is 77.4 Å². The Morgan fingerprint density at radius 3 is 2.42 bits per heavy atom. The zero-order chi connectivity index (χ0) is 14.3. The third-order valence-electron chi connectivity index (χ3n) is 4.33. The molecule has 0 spiro atoms. The fourth-order valence-electron chi connectivity index (χ4n) is 2.63. The van der Waals surface area contributed by atoms with Crippen LogP contribution < -0.4 is 5.32 Å². The van der Waals surface area contributed by atoms with Gasteiger partial charge in [-0.25, -0.2) is 0 Å². The molecule has 1 aliphatic carbocycles. The summed E-state index contributed by atoms with van der Waals surface area (Å²) in [6.07, 6.45) is 6.35. The maximum Gasteiger partial charge on any atom is 0.237 e. The molecule has 1 aliphatic rings. The van der Waals surface area contributed by atoms with Crippen molar-refractivity contribution in [2.24, 2.45) is 0 Å². The lowest BCUT2D eigenvalue weighted by Crippen LogP contribution is -2.53. The molecule has 1 rings (SSSR count). The molecule has 4 nitrogen and oxygen atoms in total. The highest BCUT2D eigenvalue weighted by Crippen LogP contribution is 2.26. The zero-order valence-electron chi connectivity index (χ0n) is 12.7. The molecule has 1 amide bonds. The average Bonchev–Trinajstić information content (AvgIpc) is 2.37. The first-order chi connectivity index (χ1) is 9.13. The first-order valence-corrected chi connectivity index (χ1v) is 7.80. The van der Waals surface area contributed by atoms with Gasteiger partial charge >= 0.3 is 0 Å². The average molecular weight is 270 g/mol. The third-order valence-corrected chi connectivity index (χ3v) is 4.33. The smallest absolute Gasteiger partial charge is 0.237 e. The van der Waals surface area contributed by atoms with Crippen LogP contribution in [0.4, 0.5) is 0 Å². The maximum absolute atomic E-state index is 12.3. The number of carbonyl (C=O) groups is 1. The van der Waals surface area contributed by atoms with Gasteiger partial charge in [0.2, 0.25) is 5.91 Å². The molecule has 0 bridgehead atoms. The Morgan fingerprint density at radius 2 is 2.00 bits per heavy atom. The van der Waals surface area contributed by atoms with Gasteiger partial charge in [0.1, 0.15) is 0 Å². The molecule has 4 heteroatoms. The van der Waals surface area contributed by atoms with Gasteiger partial charge in [-0.3, -0.25) is 9.69 Å². The van der Waals surface area contributed by atoms with Gasteiger partial charge < -0.3 is 10.4 Å². The van der Waals surface area contributed by atoms with E-state index in [2.05, 4.69) is 24.1 Å². The van der Waals surface area contributed by atoms with Crippen LogP contribution in [0, 0.1) is 0 Å². The minimum atomic E-state index is -0.0857. The Labute approximate surface area is 117 Å². The van der Waals surface area contributed by atoms with Gasteiger partial charge in [-0.2, -0.15) is 0 Å². The lowest BCUT2D eigenvalue weighted by Gasteiger charge is -2.41. The van der Waals surface area contributed by atoms with Crippen LogP contribution in [0.3, 0.4) is 0 Å². The summed E-state index contributed by atoms with van der Waals surface area (Å²) in [5.41, 5.74) is 0. The van der Waals surface area contributed by atoms with Crippen LogP contribution in [0.1, 0.15) is 59.3 Å². The molecule has 0 saturated heterocycles. The molecule has 0 heterocycles. The van der Waals surface area contributed by atoms with Crippen molar-refractivity contribution in [1.29, 1.82) is 0 Å².